The third-order valence-electron chi connectivity index (χ3n) is 3.61. The third-order valence-corrected chi connectivity index (χ3v) is 3.61. The molecule has 1 fully saturated rings. The van der Waals surface area contributed by atoms with Gasteiger partial charge in [-0.05, 0) is 25.5 Å². The first-order chi connectivity index (χ1) is 9.60. The van der Waals surface area contributed by atoms with E-state index in [0.29, 0.717) is 25.3 Å². The molecule has 1 heterocycles. The smallest absolute Gasteiger partial charge is 0.220 e. The summed E-state index contributed by atoms with van der Waals surface area (Å²) >= 11 is 0. The monoisotopic (exact) mass is 278 g/mol. The highest BCUT2D eigenvalue weighted by Crippen LogP contribution is 2.26. The van der Waals surface area contributed by atoms with E-state index >= 15 is 0 Å². The Morgan fingerprint density at radius 3 is 3.00 bits per heavy atom. The molecule has 5 heteroatoms. The Hall–Kier alpha value is -1.59. The highest BCUT2D eigenvalue weighted by Gasteiger charge is 2.20. The molecule has 0 bridgehead atoms. The average Bonchev–Trinajstić information content (AvgIpc) is 2.46. The molecular formula is C15H22N2O3. The van der Waals surface area contributed by atoms with Crippen LogP contribution in [0.5, 0.6) is 5.75 Å². The van der Waals surface area contributed by atoms with Crippen LogP contribution in [0.4, 0.5) is 0 Å². The molecule has 1 amide bonds. The van der Waals surface area contributed by atoms with E-state index in [4.69, 9.17) is 4.74 Å². The molecule has 110 valence electrons. The second-order valence-corrected chi connectivity index (χ2v) is 5.21. The Morgan fingerprint density at radius 1 is 1.55 bits per heavy atom. The fourth-order valence-electron chi connectivity index (χ4n) is 2.41. The lowest BCUT2D eigenvalue weighted by atomic mass is 10.0. The zero-order chi connectivity index (χ0) is 14.5. The van der Waals surface area contributed by atoms with Crippen LogP contribution in [-0.4, -0.2) is 37.3 Å². The van der Waals surface area contributed by atoms with Gasteiger partial charge in [0, 0.05) is 31.1 Å². The Kier molecular flexibility index (Phi) is 4.98. The summed E-state index contributed by atoms with van der Waals surface area (Å²) in [6, 6.07) is 5.99. The van der Waals surface area contributed by atoms with Gasteiger partial charge in [-0.3, -0.25) is 4.79 Å². The number of benzene rings is 1. The first kappa shape index (κ1) is 14.8. The normalized spacial score (nSPS) is 20.4. The number of methoxy groups -OCH3 is 1. The van der Waals surface area contributed by atoms with Crippen LogP contribution in [0, 0.1) is 6.92 Å². The number of carbonyl (C=O) groups is 1. The van der Waals surface area contributed by atoms with Gasteiger partial charge in [-0.1, -0.05) is 11.6 Å². The van der Waals surface area contributed by atoms with E-state index in [9.17, 15) is 9.90 Å². The summed E-state index contributed by atoms with van der Waals surface area (Å²) in [5.41, 5.74) is 1.88. The van der Waals surface area contributed by atoms with E-state index < -0.39 is 6.10 Å². The van der Waals surface area contributed by atoms with Crippen molar-refractivity contribution in [2.75, 3.05) is 20.2 Å². The van der Waals surface area contributed by atoms with Gasteiger partial charge >= 0.3 is 0 Å². The van der Waals surface area contributed by atoms with Crippen LogP contribution >= 0.6 is 0 Å². The van der Waals surface area contributed by atoms with Crippen LogP contribution in [0.2, 0.25) is 0 Å². The SMILES string of the molecule is COc1ccc(C)cc1C(O)CNC1CCC(=O)NC1. The first-order valence-electron chi connectivity index (χ1n) is 6.93. The molecule has 3 N–H and O–H groups in total. The molecule has 1 saturated heterocycles. The molecule has 1 aromatic rings. The summed E-state index contributed by atoms with van der Waals surface area (Å²) in [4.78, 5) is 11.1. The molecule has 5 nitrogen and oxygen atoms in total. The van der Waals surface area contributed by atoms with E-state index in [0.717, 1.165) is 17.5 Å². The third kappa shape index (κ3) is 3.71. The van der Waals surface area contributed by atoms with Gasteiger partial charge in [0.15, 0.2) is 0 Å². The number of rotatable bonds is 5. The second kappa shape index (κ2) is 6.72. The molecule has 0 aromatic heterocycles. The summed E-state index contributed by atoms with van der Waals surface area (Å²) in [6.07, 6.45) is 0.730. The van der Waals surface area contributed by atoms with Crippen LogP contribution in [0.1, 0.15) is 30.1 Å². The number of aryl methyl sites for hydroxylation is 1. The number of piperidine rings is 1. The standard InChI is InChI=1S/C15H22N2O3/c1-10-3-5-14(20-2)12(7-10)13(18)9-16-11-4-6-15(19)17-8-11/h3,5,7,11,13,16,18H,4,6,8-9H2,1-2H3,(H,17,19). The van der Waals surface area contributed by atoms with Crippen molar-refractivity contribution < 1.29 is 14.6 Å². The van der Waals surface area contributed by atoms with Gasteiger partial charge < -0.3 is 20.5 Å². The molecule has 1 aromatic carbocycles. The van der Waals surface area contributed by atoms with E-state index in [2.05, 4.69) is 10.6 Å². The summed E-state index contributed by atoms with van der Waals surface area (Å²) in [7, 11) is 1.60. The Balaban J connectivity index is 1.93. The maximum absolute atomic E-state index is 11.1. The van der Waals surface area contributed by atoms with Crippen molar-refractivity contribution in [3.05, 3.63) is 29.3 Å². The van der Waals surface area contributed by atoms with Crippen molar-refractivity contribution >= 4 is 5.91 Å². The van der Waals surface area contributed by atoms with Crippen molar-refractivity contribution in [2.45, 2.75) is 31.9 Å². The van der Waals surface area contributed by atoms with Crippen molar-refractivity contribution in [1.82, 2.24) is 10.6 Å². The van der Waals surface area contributed by atoms with Crippen LogP contribution in [0.25, 0.3) is 0 Å². The molecule has 0 saturated carbocycles. The highest BCUT2D eigenvalue weighted by molar-refractivity contribution is 5.76. The van der Waals surface area contributed by atoms with Crippen molar-refractivity contribution in [1.29, 1.82) is 0 Å². The van der Waals surface area contributed by atoms with Crippen molar-refractivity contribution in [3.8, 4) is 5.75 Å². The maximum Gasteiger partial charge on any atom is 0.220 e. The number of aliphatic hydroxyl groups is 1. The number of amides is 1. The number of carbonyl (C=O) groups excluding carboxylic acids is 1. The Bertz CT molecular complexity index is 466. The lowest BCUT2D eigenvalue weighted by Crippen LogP contribution is -2.46. The molecule has 0 radical (unpaired) electrons. The maximum atomic E-state index is 11.1. The van der Waals surface area contributed by atoms with Gasteiger partial charge in [-0.15, -0.1) is 0 Å². The van der Waals surface area contributed by atoms with Gasteiger partial charge in [0.2, 0.25) is 5.91 Å². The van der Waals surface area contributed by atoms with Crippen LogP contribution < -0.4 is 15.4 Å². The zero-order valence-electron chi connectivity index (χ0n) is 12.0. The molecule has 2 unspecified atom stereocenters. The number of hydrogen-bond acceptors (Lipinski definition) is 4. The predicted octanol–water partition coefficient (Wildman–Crippen LogP) is 0.905. The summed E-state index contributed by atoms with van der Waals surface area (Å²) in [5, 5.41) is 16.4. The quantitative estimate of drug-likeness (QED) is 0.748. The summed E-state index contributed by atoms with van der Waals surface area (Å²) in [6.45, 7) is 3.05. The Morgan fingerprint density at radius 2 is 2.35 bits per heavy atom. The van der Waals surface area contributed by atoms with Gasteiger partial charge in [-0.25, -0.2) is 0 Å². The molecule has 1 aliphatic rings. The minimum absolute atomic E-state index is 0.101. The predicted molar refractivity (Wildman–Crippen MR) is 76.7 cm³/mol. The summed E-state index contributed by atoms with van der Waals surface area (Å²) in [5.74, 6) is 0.797. The fraction of sp³-hybridized carbons (Fsp3) is 0.533. The molecule has 20 heavy (non-hydrogen) atoms. The number of aliphatic hydroxyl groups excluding tert-OH is 1. The number of nitrogens with one attached hydrogen (secondary N) is 2. The molecule has 0 spiro atoms. The van der Waals surface area contributed by atoms with Gasteiger partial charge in [0.1, 0.15) is 5.75 Å². The van der Waals surface area contributed by atoms with Gasteiger partial charge in [0.05, 0.1) is 13.2 Å². The molecule has 2 atom stereocenters. The second-order valence-electron chi connectivity index (χ2n) is 5.21. The van der Waals surface area contributed by atoms with Crippen LogP contribution in [0.15, 0.2) is 18.2 Å². The van der Waals surface area contributed by atoms with E-state index in [1.165, 1.54) is 0 Å². The minimum atomic E-state index is -0.623. The summed E-state index contributed by atoms with van der Waals surface area (Å²) < 4.78 is 5.28. The highest BCUT2D eigenvalue weighted by atomic mass is 16.5. The number of hydrogen-bond donors (Lipinski definition) is 3. The van der Waals surface area contributed by atoms with E-state index in [-0.39, 0.29) is 11.9 Å². The first-order valence-corrected chi connectivity index (χ1v) is 6.93. The topological polar surface area (TPSA) is 70.6 Å². The molecule has 2 rings (SSSR count). The molecular weight excluding hydrogens is 256 g/mol. The molecule has 0 aliphatic carbocycles. The van der Waals surface area contributed by atoms with Crippen molar-refractivity contribution in [2.24, 2.45) is 0 Å². The fourth-order valence-corrected chi connectivity index (χ4v) is 2.41. The van der Waals surface area contributed by atoms with E-state index in [1.807, 2.05) is 25.1 Å². The lowest BCUT2D eigenvalue weighted by molar-refractivity contribution is -0.122. The molecule has 1 aliphatic heterocycles. The Labute approximate surface area is 119 Å². The minimum Gasteiger partial charge on any atom is -0.496 e. The van der Waals surface area contributed by atoms with Gasteiger partial charge in [0.25, 0.3) is 0 Å². The largest absolute Gasteiger partial charge is 0.496 e. The van der Waals surface area contributed by atoms with E-state index in [1.54, 1.807) is 7.11 Å². The zero-order valence-corrected chi connectivity index (χ0v) is 12.0. The average molecular weight is 278 g/mol. The van der Waals surface area contributed by atoms with Crippen molar-refractivity contribution in [3.63, 3.8) is 0 Å². The lowest BCUT2D eigenvalue weighted by Gasteiger charge is -2.25. The van der Waals surface area contributed by atoms with Crippen LogP contribution in [0.3, 0.4) is 0 Å². The van der Waals surface area contributed by atoms with Gasteiger partial charge in [-0.2, -0.15) is 0 Å². The number of ether oxygens (including phenoxy) is 1. The van der Waals surface area contributed by atoms with Crippen LogP contribution in [-0.2, 0) is 4.79 Å².